The van der Waals surface area contributed by atoms with Gasteiger partial charge in [-0.15, -0.1) is 0 Å². The van der Waals surface area contributed by atoms with E-state index in [4.69, 9.17) is 4.74 Å². The number of ether oxygens (including phenoxy) is 1. The first kappa shape index (κ1) is 10.8. The van der Waals surface area contributed by atoms with Crippen LogP contribution < -0.4 is 5.32 Å². The molecule has 1 N–H and O–H groups in total. The van der Waals surface area contributed by atoms with Gasteiger partial charge >= 0.3 is 5.97 Å². The normalized spacial score (nSPS) is 19.8. The number of benzene rings is 1. The van der Waals surface area contributed by atoms with Gasteiger partial charge in [0.05, 0.1) is 6.54 Å². The van der Waals surface area contributed by atoms with E-state index >= 15 is 0 Å². The van der Waals surface area contributed by atoms with Crippen molar-refractivity contribution in [2.24, 2.45) is 5.92 Å². The highest BCUT2D eigenvalue weighted by Crippen LogP contribution is 2.08. The smallest absolute Gasteiger partial charge is 0.318 e. The van der Waals surface area contributed by atoms with Gasteiger partial charge in [0.1, 0.15) is 12.5 Å². The van der Waals surface area contributed by atoms with Crippen molar-refractivity contribution in [1.29, 1.82) is 0 Å². The predicted molar refractivity (Wildman–Crippen MR) is 57.6 cm³/mol. The number of Topliss-reactive ketones (excluding diaryl/α,β-unsaturated/α-hetero) is 1. The molecule has 4 heteroatoms. The quantitative estimate of drug-likeness (QED) is 0.594. The molecular weight excluding hydrogens is 206 g/mol. The molecule has 1 aromatic carbocycles. The Morgan fingerprint density at radius 1 is 1.38 bits per heavy atom. The molecule has 2 rings (SSSR count). The highest BCUT2D eigenvalue weighted by molar-refractivity contribution is 6.01. The third-order valence-corrected chi connectivity index (χ3v) is 2.54. The molecule has 1 aliphatic rings. The van der Waals surface area contributed by atoms with Crippen LogP contribution in [0.25, 0.3) is 0 Å². The summed E-state index contributed by atoms with van der Waals surface area (Å²) < 4.78 is 5.08. The van der Waals surface area contributed by atoms with Gasteiger partial charge < -0.3 is 10.1 Å². The number of nitrogens with one attached hydrogen (secondary N) is 1. The number of hydrogen-bond donors (Lipinski definition) is 1. The van der Waals surface area contributed by atoms with Crippen LogP contribution in [0, 0.1) is 5.92 Å². The number of rotatable bonds is 3. The van der Waals surface area contributed by atoms with Crippen LogP contribution in [0.5, 0.6) is 0 Å². The largest absolute Gasteiger partial charge is 0.460 e. The van der Waals surface area contributed by atoms with Crippen molar-refractivity contribution >= 4 is 11.8 Å². The van der Waals surface area contributed by atoms with Crippen LogP contribution in [0.2, 0.25) is 0 Å². The fourth-order valence-corrected chi connectivity index (χ4v) is 1.62. The molecule has 1 atom stereocenters. The molecule has 1 aromatic rings. The van der Waals surface area contributed by atoms with Crippen molar-refractivity contribution in [3.8, 4) is 0 Å². The molecule has 1 saturated heterocycles. The molecule has 4 nitrogen and oxygen atoms in total. The summed E-state index contributed by atoms with van der Waals surface area (Å²) in [5.74, 6) is -1.14. The maximum absolute atomic E-state index is 11.5. The Bertz CT molecular complexity index is 389. The summed E-state index contributed by atoms with van der Waals surface area (Å²) in [7, 11) is 0. The van der Waals surface area contributed by atoms with Crippen molar-refractivity contribution in [3.05, 3.63) is 35.9 Å². The van der Waals surface area contributed by atoms with Crippen molar-refractivity contribution in [2.45, 2.75) is 6.61 Å². The first-order valence-corrected chi connectivity index (χ1v) is 5.21. The SMILES string of the molecule is O=C1CNCC1C(=O)OCc1ccccc1. The Balaban J connectivity index is 1.86. The Hall–Kier alpha value is -1.68. The minimum absolute atomic E-state index is 0.0851. The topological polar surface area (TPSA) is 55.4 Å². The van der Waals surface area contributed by atoms with Gasteiger partial charge in [-0.2, -0.15) is 0 Å². The summed E-state index contributed by atoms with van der Waals surface area (Å²) in [5.41, 5.74) is 0.925. The fourth-order valence-electron chi connectivity index (χ4n) is 1.62. The van der Waals surface area contributed by atoms with E-state index in [1.54, 1.807) is 0 Å². The molecule has 0 aliphatic carbocycles. The van der Waals surface area contributed by atoms with Gasteiger partial charge in [-0.05, 0) is 5.56 Å². The van der Waals surface area contributed by atoms with E-state index in [0.717, 1.165) is 5.56 Å². The minimum atomic E-state index is -0.622. The van der Waals surface area contributed by atoms with Gasteiger partial charge in [-0.1, -0.05) is 30.3 Å². The second kappa shape index (κ2) is 4.90. The van der Waals surface area contributed by atoms with Gasteiger partial charge in [0.15, 0.2) is 5.78 Å². The monoisotopic (exact) mass is 219 g/mol. The summed E-state index contributed by atoms with van der Waals surface area (Å²) in [6, 6.07) is 9.41. The van der Waals surface area contributed by atoms with Gasteiger partial charge in [-0.3, -0.25) is 9.59 Å². The van der Waals surface area contributed by atoms with Crippen LogP contribution in [-0.2, 0) is 20.9 Å². The number of ketones is 1. The van der Waals surface area contributed by atoms with Crippen LogP contribution in [0.4, 0.5) is 0 Å². The van der Waals surface area contributed by atoms with Crippen LogP contribution in [0.3, 0.4) is 0 Å². The van der Waals surface area contributed by atoms with E-state index in [0.29, 0.717) is 6.54 Å². The molecule has 1 fully saturated rings. The van der Waals surface area contributed by atoms with Crippen LogP contribution in [-0.4, -0.2) is 24.8 Å². The zero-order valence-corrected chi connectivity index (χ0v) is 8.81. The summed E-state index contributed by atoms with van der Waals surface area (Å²) in [5, 5.41) is 2.85. The van der Waals surface area contributed by atoms with Crippen LogP contribution in [0.1, 0.15) is 5.56 Å². The van der Waals surface area contributed by atoms with Crippen LogP contribution >= 0.6 is 0 Å². The van der Waals surface area contributed by atoms with E-state index in [2.05, 4.69) is 5.32 Å². The maximum atomic E-state index is 11.5. The lowest BCUT2D eigenvalue weighted by Crippen LogP contribution is -2.24. The molecular formula is C12H13NO3. The zero-order valence-electron chi connectivity index (χ0n) is 8.81. The summed E-state index contributed by atoms with van der Waals surface area (Å²) in [4.78, 5) is 22.8. The van der Waals surface area contributed by atoms with E-state index in [9.17, 15) is 9.59 Å². The Morgan fingerprint density at radius 2 is 2.12 bits per heavy atom. The first-order chi connectivity index (χ1) is 7.77. The number of carbonyl (C=O) groups excluding carboxylic acids is 2. The Morgan fingerprint density at radius 3 is 2.75 bits per heavy atom. The summed E-state index contributed by atoms with van der Waals surface area (Å²) in [6.45, 7) is 0.890. The Labute approximate surface area is 93.6 Å². The van der Waals surface area contributed by atoms with Crippen molar-refractivity contribution < 1.29 is 14.3 Å². The molecule has 0 saturated carbocycles. The second-order valence-electron chi connectivity index (χ2n) is 3.74. The summed E-state index contributed by atoms with van der Waals surface area (Å²) >= 11 is 0. The van der Waals surface area contributed by atoms with E-state index in [1.807, 2.05) is 30.3 Å². The second-order valence-corrected chi connectivity index (χ2v) is 3.74. The molecule has 0 aromatic heterocycles. The number of carbonyl (C=O) groups is 2. The van der Waals surface area contributed by atoms with Gasteiger partial charge in [0, 0.05) is 6.54 Å². The van der Waals surface area contributed by atoms with Gasteiger partial charge in [0.2, 0.25) is 0 Å². The van der Waals surface area contributed by atoms with E-state index in [-0.39, 0.29) is 18.9 Å². The van der Waals surface area contributed by atoms with Crippen molar-refractivity contribution in [2.75, 3.05) is 13.1 Å². The molecule has 1 unspecified atom stereocenters. The van der Waals surface area contributed by atoms with E-state index in [1.165, 1.54) is 0 Å². The number of esters is 1. The highest BCUT2D eigenvalue weighted by Gasteiger charge is 2.32. The average Bonchev–Trinajstić information content (AvgIpc) is 2.74. The van der Waals surface area contributed by atoms with Gasteiger partial charge in [-0.25, -0.2) is 0 Å². The third-order valence-electron chi connectivity index (χ3n) is 2.54. The molecule has 0 spiro atoms. The molecule has 0 radical (unpaired) electrons. The molecule has 16 heavy (non-hydrogen) atoms. The Kier molecular flexibility index (Phi) is 3.31. The molecule has 0 amide bonds. The fraction of sp³-hybridized carbons (Fsp3) is 0.333. The van der Waals surface area contributed by atoms with Crippen LogP contribution in [0.15, 0.2) is 30.3 Å². The molecule has 1 heterocycles. The predicted octanol–water partition coefficient (Wildman–Crippen LogP) is 0.518. The van der Waals surface area contributed by atoms with Crippen molar-refractivity contribution in [3.63, 3.8) is 0 Å². The first-order valence-electron chi connectivity index (χ1n) is 5.21. The maximum Gasteiger partial charge on any atom is 0.318 e. The highest BCUT2D eigenvalue weighted by atomic mass is 16.5. The average molecular weight is 219 g/mol. The lowest BCUT2D eigenvalue weighted by Gasteiger charge is -2.08. The third kappa shape index (κ3) is 2.46. The minimum Gasteiger partial charge on any atom is -0.460 e. The zero-order chi connectivity index (χ0) is 11.4. The molecule has 1 aliphatic heterocycles. The van der Waals surface area contributed by atoms with E-state index < -0.39 is 11.9 Å². The standard InChI is InChI=1S/C12H13NO3/c14-11-7-13-6-10(11)12(15)16-8-9-4-2-1-3-5-9/h1-5,10,13H,6-8H2. The number of hydrogen-bond acceptors (Lipinski definition) is 4. The molecule has 0 bridgehead atoms. The lowest BCUT2D eigenvalue weighted by atomic mass is 10.1. The summed E-state index contributed by atoms with van der Waals surface area (Å²) in [6.07, 6.45) is 0. The van der Waals surface area contributed by atoms with Crippen molar-refractivity contribution in [1.82, 2.24) is 5.32 Å². The molecule has 84 valence electrons. The van der Waals surface area contributed by atoms with Gasteiger partial charge in [0.25, 0.3) is 0 Å². The lowest BCUT2D eigenvalue weighted by molar-refractivity contribution is -0.151.